The van der Waals surface area contributed by atoms with Crippen LogP contribution in [0.1, 0.15) is 51.9 Å². The molecule has 1 rings (SSSR count). The van der Waals surface area contributed by atoms with Gasteiger partial charge in [0.25, 0.3) is 0 Å². The zero-order valence-corrected chi connectivity index (χ0v) is 17.2. The molecule has 1 aromatic rings. The summed E-state index contributed by atoms with van der Waals surface area (Å²) in [6.07, 6.45) is 4.48. The molecule has 0 aliphatic carbocycles. The van der Waals surface area contributed by atoms with Crippen molar-refractivity contribution in [1.82, 2.24) is 0 Å². The predicted molar refractivity (Wildman–Crippen MR) is 91.6 cm³/mol. The normalized spacial score (nSPS) is 9.26. The van der Waals surface area contributed by atoms with Crippen LogP contribution in [0.4, 0.5) is 0 Å². The molecule has 0 aromatic heterocycles. The van der Waals surface area contributed by atoms with Crippen LogP contribution in [0.5, 0.6) is 0 Å². The average molecular weight is 389 g/mol. The standard InChI is InChI=1S/C18H21BrO3.Na.H/c19-15-9-8-14-18(21)22-17(20)13-7-2-1-4-10-16-11-5-3-6-12-16;;/h3,5-6,11-12H,1-2,7-9,13-15H2;;/q;+1;-1. The Hall–Kier alpha value is -0.600. The third-order valence-corrected chi connectivity index (χ3v) is 3.49. The molecule has 0 aliphatic rings. The largest absolute Gasteiger partial charge is 1.00 e. The molecule has 0 aliphatic heterocycles. The van der Waals surface area contributed by atoms with Crippen LogP contribution in [0.15, 0.2) is 30.3 Å². The molecular formula is C18H22BrNaO3. The van der Waals surface area contributed by atoms with E-state index in [1.807, 2.05) is 30.3 Å². The zero-order chi connectivity index (χ0) is 16.0. The number of carbonyl (C=O) groups excluding carboxylic acids is 2. The molecule has 3 nitrogen and oxygen atoms in total. The van der Waals surface area contributed by atoms with Gasteiger partial charge in [-0.3, -0.25) is 9.59 Å². The molecule has 0 amide bonds. The van der Waals surface area contributed by atoms with Gasteiger partial charge >= 0.3 is 41.5 Å². The van der Waals surface area contributed by atoms with Crippen LogP contribution in [0.3, 0.4) is 0 Å². The Balaban J connectivity index is 0. The van der Waals surface area contributed by atoms with E-state index < -0.39 is 11.9 Å². The van der Waals surface area contributed by atoms with E-state index in [-0.39, 0.29) is 37.4 Å². The fourth-order valence-electron chi connectivity index (χ4n) is 1.76. The molecule has 0 fully saturated rings. The van der Waals surface area contributed by atoms with Gasteiger partial charge in [-0.15, -0.1) is 0 Å². The molecule has 0 unspecified atom stereocenters. The van der Waals surface area contributed by atoms with Crippen molar-refractivity contribution in [2.24, 2.45) is 0 Å². The summed E-state index contributed by atoms with van der Waals surface area (Å²) in [5.41, 5.74) is 0.996. The average Bonchev–Trinajstić information content (AvgIpc) is 2.52. The maximum Gasteiger partial charge on any atom is 1.00 e. The summed E-state index contributed by atoms with van der Waals surface area (Å²) in [5.74, 6) is 5.29. The third kappa shape index (κ3) is 12.5. The van der Waals surface area contributed by atoms with E-state index in [1.165, 1.54) is 0 Å². The second kappa shape index (κ2) is 15.0. The minimum absolute atomic E-state index is 0. The molecular weight excluding hydrogens is 367 g/mol. The first kappa shape index (κ1) is 22.4. The molecule has 0 bridgehead atoms. The van der Waals surface area contributed by atoms with Crippen molar-refractivity contribution < 1.29 is 45.3 Å². The first-order chi connectivity index (χ1) is 10.7. The predicted octanol–water partition coefficient (Wildman–Crippen LogP) is 1.35. The minimum Gasteiger partial charge on any atom is -1.00 e. The maximum absolute atomic E-state index is 11.5. The Bertz CT molecular complexity index is 526. The van der Waals surface area contributed by atoms with Crippen LogP contribution < -0.4 is 29.6 Å². The number of carbonyl (C=O) groups is 2. The molecule has 23 heavy (non-hydrogen) atoms. The summed E-state index contributed by atoms with van der Waals surface area (Å²) in [4.78, 5) is 22.8. The minimum atomic E-state index is -0.431. The van der Waals surface area contributed by atoms with Gasteiger partial charge in [0.15, 0.2) is 0 Å². The van der Waals surface area contributed by atoms with E-state index in [2.05, 4.69) is 27.8 Å². The van der Waals surface area contributed by atoms with Gasteiger partial charge in [0.05, 0.1) is 0 Å². The number of hydrogen-bond donors (Lipinski definition) is 0. The fourth-order valence-corrected chi connectivity index (χ4v) is 2.16. The van der Waals surface area contributed by atoms with Crippen LogP contribution in [0, 0.1) is 11.8 Å². The van der Waals surface area contributed by atoms with E-state index in [1.54, 1.807) is 0 Å². The number of rotatable bonds is 8. The molecule has 0 heterocycles. The number of hydrogen-bond acceptors (Lipinski definition) is 3. The van der Waals surface area contributed by atoms with Crippen molar-refractivity contribution in [3.63, 3.8) is 0 Å². The Morgan fingerprint density at radius 2 is 1.61 bits per heavy atom. The van der Waals surface area contributed by atoms with Gasteiger partial charge in [-0.25, -0.2) is 0 Å². The summed E-state index contributed by atoms with van der Waals surface area (Å²) < 4.78 is 4.74. The third-order valence-electron chi connectivity index (χ3n) is 2.93. The van der Waals surface area contributed by atoms with Gasteiger partial charge in [0, 0.05) is 30.2 Å². The zero-order valence-electron chi connectivity index (χ0n) is 14.6. The van der Waals surface area contributed by atoms with Crippen LogP contribution >= 0.6 is 15.9 Å². The molecule has 0 spiro atoms. The Morgan fingerprint density at radius 1 is 1.00 bits per heavy atom. The fraction of sp³-hybridized carbons (Fsp3) is 0.444. The molecule has 0 N–H and O–H groups in total. The Kier molecular flexibility index (Phi) is 14.6. The summed E-state index contributed by atoms with van der Waals surface area (Å²) in [6.45, 7) is 0. The van der Waals surface area contributed by atoms with Crippen molar-refractivity contribution in [3.8, 4) is 11.8 Å². The topological polar surface area (TPSA) is 43.4 Å². The number of halogens is 1. The first-order valence-corrected chi connectivity index (χ1v) is 8.68. The molecule has 0 radical (unpaired) electrons. The quantitative estimate of drug-likeness (QED) is 0.168. The van der Waals surface area contributed by atoms with Crippen molar-refractivity contribution in [2.75, 3.05) is 5.33 Å². The van der Waals surface area contributed by atoms with Gasteiger partial charge < -0.3 is 6.16 Å². The summed E-state index contributed by atoms with van der Waals surface area (Å²) >= 11 is 3.29. The van der Waals surface area contributed by atoms with E-state index in [0.717, 1.165) is 36.6 Å². The SMILES string of the molecule is O=C(CCCCBr)OC(=O)CCCCC#Cc1ccccc1.[H-].[Na+]. The number of unbranched alkanes of at least 4 members (excludes halogenated alkanes) is 3. The van der Waals surface area contributed by atoms with Crippen molar-refractivity contribution in [3.05, 3.63) is 35.9 Å². The first-order valence-electron chi connectivity index (χ1n) is 7.56. The maximum atomic E-state index is 11.5. The van der Waals surface area contributed by atoms with Crippen molar-refractivity contribution >= 4 is 27.9 Å². The second-order valence-electron chi connectivity index (χ2n) is 4.87. The van der Waals surface area contributed by atoms with Crippen LogP contribution in [0.25, 0.3) is 0 Å². The van der Waals surface area contributed by atoms with Crippen LogP contribution in [-0.2, 0) is 14.3 Å². The molecule has 0 atom stereocenters. The smallest absolute Gasteiger partial charge is 1.00 e. The monoisotopic (exact) mass is 388 g/mol. The molecule has 1 aromatic carbocycles. The van der Waals surface area contributed by atoms with E-state index in [4.69, 9.17) is 4.74 Å². The summed E-state index contributed by atoms with van der Waals surface area (Å²) in [7, 11) is 0. The van der Waals surface area contributed by atoms with Gasteiger partial charge in [-0.05, 0) is 37.8 Å². The van der Waals surface area contributed by atoms with Crippen LogP contribution in [0.2, 0.25) is 0 Å². The molecule has 120 valence electrons. The van der Waals surface area contributed by atoms with Crippen molar-refractivity contribution in [1.29, 1.82) is 0 Å². The second-order valence-corrected chi connectivity index (χ2v) is 5.66. The van der Waals surface area contributed by atoms with E-state index in [9.17, 15) is 9.59 Å². The van der Waals surface area contributed by atoms with Crippen molar-refractivity contribution in [2.45, 2.75) is 44.9 Å². The molecule has 5 heteroatoms. The van der Waals surface area contributed by atoms with E-state index >= 15 is 0 Å². The van der Waals surface area contributed by atoms with Gasteiger partial charge in [0.1, 0.15) is 0 Å². The number of ether oxygens (including phenoxy) is 1. The summed E-state index contributed by atoms with van der Waals surface area (Å²) in [6, 6.07) is 9.79. The van der Waals surface area contributed by atoms with E-state index in [0.29, 0.717) is 12.8 Å². The number of alkyl halides is 1. The Labute approximate surface area is 170 Å². The van der Waals surface area contributed by atoms with Gasteiger partial charge in [-0.1, -0.05) is 46.0 Å². The molecule has 0 saturated heterocycles. The Morgan fingerprint density at radius 3 is 2.22 bits per heavy atom. The molecule has 0 saturated carbocycles. The summed E-state index contributed by atoms with van der Waals surface area (Å²) in [5, 5.41) is 0.859. The van der Waals surface area contributed by atoms with Crippen LogP contribution in [-0.4, -0.2) is 17.3 Å². The van der Waals surface area contributed by atoms with Gasteiger partial charge in [-0.2, -0.15) is 0 Å². The van der Waals surface area contributed by atoms with Gasteiger partial charge in [0.2, 0.25) is 0 Å². The number of esters is 2. The number of benzene rings is 1.